The summed E-state index contributed by atoms with van der Waals surface area (Å²) in [4.78, 5) is 17.6. The standard InChI is InChI=1S/C25H24N6O2/c1-17(2)23(24-29-28-22-11-4-6-13-31(22)24)27-25(32)18-8-7-9-20(14-18)33-16-19-15-30-12-5-3-10-21(30)26-19/h3-15,17,23H,16H2,1-2H3,(H,27,32)/t23-/m1/s1. The number of benzene rings is 1. The maximum atomic E-state index is 13.1. The zero-order valence-electron chi connectivity index (χ0n) is 18.4. The van der Waals surface area contributed by atoms with Crippen LogP contribution in [0.2, 0.25) is 0 Å². The van der Waals surface area contributed by atoms with Gasteiger partial charge in [-0.05, 0) is 48.4 Å². The Bertz CT molecular complexity index is 1390. The molecule has 1 atom stereocenters. The second kappa shape index (κ2) is 8.74. The minimum Gasteiger partial charge on any atom is -0.487 e. The number of nitrogens with one attached hydrogen (secondary N) is 1. The summed E-state index contributed by atoms with van der Waals surface area (Å²) >= 11 is 0. The average Bonchev–Trinajstić information content (AvgIpc) is 3.45. The smallest absolute Gasteiger partial charge is 0.252 e. The van der Waals surface area contributed by atoms with Crippen molar-refractivity contribution in [3.8, 4) is 5.75 Å². The number of imidazole rings is 1. The van der Waals surface area contributed by atoms with Gasteiger partial charge < -0.3 is 14.5 Å². The monoisotopic (exact) mass is 440 g/mol. The fraction of sp³-hybridized carbons (Fsp3) is 0.200. The third-order valence-electron chi connectivity index (χ3n) is 5.47. The molecule has 0 bridgehead atoms. The fourth-order valence-electron chi connectivity index (χ4n) is 3.77. The summed E-state index contributed by atoms with van der Waals surface area (Å²) in [5, 5.41) is 11.7. The molecule has 5 aromatic rings. The quantitative estimate of drug-likeness (QED) is 0.412. The van der Waals surface area contributed by atoms with Crippen LogP contribution in [0.3, 0.4) is 0 Å². The number of hydrogen-bond donors (Lipinski definition) is 1. The first-order valence-electron chi connectivity index (χ1n) is 10.8. The highest BCUT2D eigenvalue weighted by atomic mass is 16.5. The van der Waals surface area contributed by atoms with Crippen molar-refractivity contribution in [3.05, 3.63) is 96.3 Å². The van der Waals surface area contributed by atoms with E-state index >= 15 is 0 Å². The lowest BCUT2D eigenvalue weighted by Crippen LogP contribution is -2.33. The van der Waals surface area contributed by atoms with Gasteiger partial charge in [-0.3, -0.25) is 9.20 Å². The molecule has 0 aliphatic heterocycles. The van der Waals surface area contributed by atoms with Gasteiger partial charge in [0.15, 0.2) is 11.5 Å². The van der Waals surface area contributed by atoms with Crippen molar-refractivity contribution in [1.82, 2.24) is 29.3 Å². The molecule has 0 aliphatic carbocycles. The zero-order valence-corrected chi connectivity index (χ0v) is 18.4. The maximum absolute atomic E-state index is 13.1. The Morgan fingerprint density at radius 3 is 2.64 bits per heavy atom. The van der Waals surface area contributed by atoms with Crippen LogP contribution in [0.4, 0.5) is 0 Å². The highest BCUT2D eigenvalue weighted by Crippen LogP contribution is 2.22. The lowest BCUT2D eigenvalue weighted by molar-refractivity contribution is 0.0922. The van der Waals surface area contributed by atoms with E-state index in [2.05, 4.69) is 20.5 Å². The summed E-state index contributed by atoms with van der Waals surface area (Å²) in [6, 6.07) is 18.4. The molecule has 1 N–H and O–H groups in total. The van der Waals surface area contributed by atoms with Crippen LogP contribution in [0.1, 0.15) is 41.8 Å². The third kappa shape index (κ3) is 4.27. The van der Waals surface area contributed by atoms with Crippen molar-refractivity contribution in [3.63, 3.8) is 0 Å². The van der Waals surface area contributed by atoms with Gasteiger partial charge in [0.2, 0.25) is 0 Å². The highest BCUT2D eigenvalue weighted by Gasteiger charge is 2.24. The van der Waals surface area contributed by atoms with E-state index in [9.17, 15) is 4.79 Å². The molecule has 166 valence electrons. The number of nitrogens with zero attached hydrogens (tertiary/aromatic N) is 5. The Hall–Kier alpha value is -4.20. The summed E-state index contributed by atoms with van der Waals surface area (Å²) in [5.41, 5.74) is 2.94. The first-order chi connectivity index (χ1) is 16.1. The van der Waals surface area contributed by atoms with Crippen LogP contribution in [0.5, 0.6) is 5.75 Å². The second-order valence-corrected chi connectivity index (χ2v) is 8.20. The lowest BCUT2D eigenvalue weighted by Gasteiger charge is -2.21. The van der Waals surface area contributed by atoms with Gasteiger partial charge in [-0.15, -0.1) is 10.2 Å². The normalized spacial score (nSPS) is 12.3. The van der Waals surface area contributed by atoms with Crippen LogP contribution in [0, 0.1) is 5.92 Å². The minimum absolute atomic E-state index is 0.121. The van der Waals surface area contributed by atoms with Gasteiger partial charge in [-0.1, -0.05) is 32.0 Å². The molecule has 1 amide bonds. The van der Waals surface area contributed by atoms with Crippen molar-refractivity contribution in [2.75, 3.05) is 0 Å². The third-order valence-corrected chi connectivity index (χ3v) is 5.47. The van der Waals surface area contributed by atoms with E-state index in [4.69, 9.17) is 4.74 Å². The highest BCUT2D eigenvalue weighted by molar-refractivity contribution is 5.94. The van der Waals surface area contributed by atoms with Crippen LogP contribution in [-0.4, -0.2) is 29.9 Å². The molecular formula is C25H24N6O2. The molecule has 0 fully saturated rings. The van der Waals surface area contributed by atoms with E-state index in [0.29, 0.717) is 23.7 Å². The molecule has 0 spiro atoms. The fourth-order valence-corrected chi connectivity index (χ4v) is 3.77. The van der Waals surface area contributed by atoms with Gasteiger partial charge in [0.1, 0.15) is 18.0 Å². The molecule has 4 aromatic heterocycles. The van der Waals surface area contributed by atoms with Crippen molar-refractivity contribution in [2.45, 2.75) is 26.5 Å². The first kappa shape index (κ1) is 20.7. The Morgan fingerprint density at radius 2 is 1.82 bits per heavy atom. The van der Waals surface area contributed by atoms with E-state index < -0.39 is 0 Å². The second-order valence-electron chi connectivity index (χ2n) is 8.20. The Morgan fingerprint density at radius 1 is 1.00 bits per heavy atom. The summed E-state index contributed by atoms with van der Waals surface area (Å²) in [6.07, 6.45) is 5.78. The van der Waals surface area contributed by atoms with E-state index in [1.165, 1.54) is 0 Å². The number of aromatic nitrogens is 5. The van der Waals surface area contributed by atoms with Gasteiger partial charge in [0.25, 0.3) is 5.91 Å². The van der Waals surface area contributed by atoms with Gasteiger partial charge >= 0.3 is 0 Å². The topological polar surface area (TPSA) is 85.8 Å². The largest absolute Gasteiger partial charge is 0.487 e. The molecule has 8 nitrogen and oxygen atoms in total. The molecule has 0 saturated heterocycles. The van der Waals surface area contributed by atoms with Crippen molar-refractivity contribution in [1.29, 1.82) is 0 Å². The Labute approximate surface area is 190 Å². The number of carbonyl (C=O) groups is 1. The van der Waals surface area contributed by atoms with Crippen LogP contribution >= 0.6 is 0 Å². The summed E-state index contributed by atoms with van der Waals surface area (Å²) in [5.74, 6) is 1.23. The van der Waals surface area contributed by atoms with Gasteiger partial charge in [-0.25, -0.2) is 4.98 Å². The van der Waals surface area contributed by atoms with Crippen LogP contribution in [-0.2, 0) is 6.61 Å². The number of hydrogen-bond acceptors (Lipinski definition) is 5. The molecule has 4 heterocycles. The van der Waals surface area contributed by atoms with Gasteiger partial charge in [-0.2, -0.15) is 0 Å². The molecule has 0 unspecified atom stereocenters. The number of ether oxygens (including phenoxy) is 1. The molecule has 0 aliphatic rings. The molecular weight excluding hydrogens is 416 g/mol. The number of pyridine rings is 2. The molecule has 0 saturated carbocycles. The van der Waals surface area contributed by atoms with E-state index in [1.54, 1.807) is 12.1 Å². The molecule has 5 rings (SSSR count). The van der Waals surface area contributed by atoms with Crippen molar-refractivity contribution >= 4 is 17.2 Å². The van der Waals surface area contributed by atoms with E-state index in [1.807, 2.05) is 89.8 Å². The van der Waals surface area contributed by atoms with Crippen molar-refractivity contribution < 1.29 is 9.53 Å². The van der Waals surface area contributed by atoms with Gasteiger partial charge in [0, 0.05) is 24.2 Å². The van der Waals surface area contributed by atoms with Crippen molar-refractivity contribution in [2.24, 2.45) is 5.92 Å². The molecule has 33 heavy (non-hydrogen) atoms. The van der Waals surface area contributed by atoms with E-state index in [0.717, 1.165) is 17.0 Å². The summed E-state index contributed by atoms with van der Waals surface area (Å²) < 4.78 is 9.76. The predicted octanol–water partition coefficient (Wildman–Crippen LogP) is 4.08. The van der Waals surface area contributed by atoms with E-state index in [-0.39, 0.29) is 17.9 Å². The summed E-state index contributed by atoms with van der Waals surface area (Å²) in [6.45, 7) is 4.40. The number of rotatable bonds is 7. The zero-order chi connectivity index (χ0) is 22.8. The lowest BCUT2D eigenvalue weighted by atomic mass is 10.0. The number of fused-ring (bicyclic) bond motifs is 2. The predicted molar refractivity (Wildman–Crippen MR) is 124 cm³/mol. The van der Waals surface area contributed by atoms with Crippen LogP contribution in [0.25, 0.3) is 11.3 Å². The number of amides is 1. The first-order valence-corrected chi connectivity index (χ1v) is 10.8. The molecule has 1 aromatic carbocycles. The molecule has 0 radical (unpaired) electrons. The summed E-state index contributed by atoms with van der Waals surface area (Å²) in [7, 11) is 0. The maximum Gasteiger partial charge on any atom is 0.252 e. The number of carbonyl (C=O) groups excluding carboxylic acids is 1. The Balaban J connectivity index is 1.31. The SMILES string of the molecule is CC(C)[C@@H](NC(=O)c1cccc(OCc2cn3ccccc3n2)c1)c1nnc2ccccn12. The van der Waals surface area contributed by atoms with Gasteiger partial charge in [0.05, 0.1) is 11.7 Å². The molecule has 8 heteroatoms. The average molecular weight is 441 g/mol. The van der Waals surface area contributed by atoms with Crippen LogP contribution < -0.4 is 10.1 Å². The minimum atomic E-state index is -0.294. The van der Waals surface area contributed by atoms with Crippen LogP contribution in [0.15, 0.2) is 79.3 Å². The Kier molecular flexibility index (Phi) is 5.48.